The predicted octanol–water partition coefficient (Wildman–Crippen LogP) is 3.45. The number of aryl methyl sites for hydroxylation is 1. The van der Waals surface area contributed by atoms with Crippen molar-refractivity contribution in [3.05, 3.63) is 65.4 Å². The summed E-state index contributed by atoms with van der Waals surface area (Å²) in [5.74, 6) is 0.845. The number of nitrogens with one attached hydrogen (secondary N) is 2. The van der Waals surface area contributed by atoms with Crippen LogP contribution in [0.3, 0.4) is 0 Å². The van der Waals surface area contributed by atoms with Gasteiger partial charge in [-0.05, 0) is 50.3 Å². The lowest BCUT2D eigenvalue weighted by Gasteiger charge is -2.25. The maximum absolute atomic E-state index is 12.6. The molecule has 5 nitrogen and oxygen atoms in total. The Hall–Kier alpha value is -2.79. The van der Waals surface area contributed by atoms with Crippen molar-refractivity contribution in [1.29, 1.82) is 0 Å². The fraction of sp³-hybridized carbons (Fsp3) is 0.318. The van der Waals surface area contributed by atoms with E-state index in [1.165, 1.54) is 0 Å². The molecule has 0 saturated heterocycles. The van der Waals surface area contributed by atoms with Crippen LogP contribution >= 0.6 is 0 Å². The van der Waals surface area contributed by atoms with Gasteiger partial charge in [0.15, 0.2) is 0 Å². The number of aromatic amines is 1. The number of hydrogen-bond acceptors (Lipinski definition) is 3. The highest BCUT2D eigenvalue weighted by Crippen LogP contribution is 2.24. The minimum absolute atomic E-state index is 0.0256. The summed E-state index contributed by atoms with van der Waals surface area (Å²) in [4.78, 5) is 18.1. The average molecular weight is 365 g/mol. The second-order valence-electron chi connectivity index (χ2n) is 7.01. The van der Waals surface area contributed by atoms with Gasteiger partial charge in [-0.15, -0.1) is 0 Å². The molecular weight excluding hydrogens is 338 g/mol. The van der Waals surface area contributed by atoms with Crippen molar-refractivity contribution in [3.63, 3.8) is 0 Å². The van der Waals surface area contributed by atoms with Crippen LogP contribution in [0.1, 0.15) is 22.9 Å². The number of fused-ring (bicyclic) bond motifs is 1. The lowest BCUT2D eigenvalue weighted by Crippen LogP contribution is -2.35. The first kappa shape index (κ1) is 19.0. The Morgan fingerprint density at radius 3 is 2.70 bits per heavy atom. The van der Waals surface area contributed by atoms with Crippen molar-refractivity contribution >= 4 is 16.8 Å². The van der Waals surface area contributed by atoms with Crippen molar-refractivity contribution in [1.82, 2.24) is 15.2 Å². The Bertz CT molecular complexity index is 930. The van der Waals surface area contributed by atoms with E-state index >= 15 is 0 Å². The lowest BCUT2D eigenvalue weighted by molar-refractivity contribution is -0.120. The number of nitrogens with zero attached hydrogens (tertiary/aromatic N) is 1. The number of carbonyl (C=O) groups is 1. The number of carbonyl (C=O) groups excluding carboxylic acids is 1. The van der Waals surface area contributed by atoms with Crippen LogP contribution in [0.2, 0.25) is 0 Å². The minimum atomic E-state index is 0.0256. The summed E-state index contributed by atoms with van der Waals surface area (Å²) in [5.41, 5.74) is 4.29. The van der Waals surface area contributed by atoms with Crippen LogP contribution in [-0.2, 0) is 11.2 Å². The predicted molar refractivity (Wildman–Crippen MR) is 109 cm³/mol. The van der Waals surface area contributed by atoms with Gasteiger partial charge >= 0.3 is 0 Å². The zero-order valence-electron chi connectivity index (χ0n) is 16.4. The van der Waals surface area contributed by atoms with E-state index in [1.54, 1.807) is 7.11 Å². The van der Waals surface area contributed by atoms with E-state index in [0.717, 1.165) is 33.5 Å². The molecule has 0 aliphatic rings. The lowest BCUT2D eigenvalue weighted by atomic mass is 10.0. The molecule has 27 heavy (non-hydrogen) atoms. The molecule has 0 spiro atoms. The van der Waals surface area contributed by atoms with Crippen molar-refractivity contribution in [2.24, 2.45) is 0 Å². The fourth-order valence-corrected chi connectivity index (χ4v) is 3.44. The maximum Gasteiger partial charge on any atom is 0.224 e. The van der Waals surface area contributed by atoms with Crippen LogP contribution in [-0.4, -0.2) is 43.5 Å². The zero-order chi connectivity index (χ0) is 19.4. The number of hydrogen-bond donors (Lipinski definition) is 2. The van der Waals surface area contributed by atoms with Gasteiger partial charge in [-0.3, -0.25) is 4.79 Å². The van der Waals surface area contributed by atoms with Crippen molar-refractivity contribution in [3.8, 4) is 5.75 Å². The first-order valence-electron chi connectivity index (χ1n) is 9.13. The molecular formula is C22H27N3O2. The number of methoxy groups -OCH3 is 1. The largest absolute Gasteiger partial charge is 0.497 e. The van der Waals surface area contributed by atoms with E-state index in [0.29, 0.717) is 13.0 Å². The third kappa shape index (κ3) is 4.31. The normalized spacial score (nSPS) is 12.3. The summed E-state index contributed by atoms with van der Waals surface area (Å²) in [5, 5.41) is 4.21. The summed E-state index contributed by atoms with van der Waals surface area (Å²) in [6.45, 7) is 2.56. The van der Waals surface area contributed by atoms with Gasteiger partial charge in [0.05, 0.1) is 19.6 Å². The van der Waals surface area contributed by atoms with Gasteiger partial charge in [-0.2, -0.15) is 0 Å². The SMILES string of the molecule is COc1cccc(C(CNC(=O)Cc2c(C)[nH]c3ccccc23)N(C)C)c1. The summed E-state index contributed by atoms with van der Waals surface area (Å²) >= 11 is 0. The monoisotopic (exact) mass is 365 g/mol. The maximum atomic E-state index is 12.6. The van der Waals surface area contributed by atoms with Gasteiger partial charge in [0, 0.05) is 23.1 Å². The molecule has 0 aliphatic heterocycles. The van der Waals surface area contributed by atoms with E-state index in [4.69, 9.17) is 4.74 Å². The number of amides is 1. The third-order valence-corrected chi connectivity index (χ3v) is 4.96. The molecule has 0 aliphatic carbocycles. The second-order valence-corrected chi connectivity index (χ2v) is 7.01. The number of ether oxygens (including phenoxy) is 1. The molecule has 1 heterocycles. The Balaban J connectivity index is 1.70. The molecule has 1 atom stereocenters. The fourth-order valence-electron chi connectivity index (χ4n) is 3.44. The molecule has 5 heteroatoms. The van der Waals surface area contributed by atoms with Crippen LogP contribution < -0.4 is 10.1 Å². The molecule has 2 aromatic carbocycles. The summed E-state index contributed by atoms with van der Waals surface area (Å²) in [6.07, 6.45) is 0.369. The Morgan fingerprint density at radius 1 is 1.19 bits per heavy atom. The molecule has 3 rings (SSSR count). The molecule has 1 amide bonds. The molecule has 0 fully saturated rings. The van der Waals surface area contributed by atoms with E-state index in [1.807, 2.05) is 57.4 Å². The van der Waals surface area contributed by atoms with Crippen LogP contribution in [0.25, 0.3) is 10.9 Å². The quantitative estimate of drug-likeness (QED) is 0.674. The van der Waals surface area contributed by atoms with Crippen molar-refractivity contribution in [2.75, 3.05) is 27.7 Å². The summed E-state index contributed by atoms with van der Waals surface area (Å²) in [7, 11) is 5.69. The van der Waals surface area contributed by atoms with E-state index in [9.17, 15) is 4.79 Å². The Morgan fingerprint density at radius 2 is 1.96 bits per heavy atom. The molecule has 2 N–H and O–H groups in total. The number of rotatable bonds is 7. The van der Waals surface area contributed by atoms with Gasteiger partial charge in [0.25, 0.3) is 0 Å². The van der Waals surface area contributed by atoms with Crippen LogP contribution in [0.5, 0.6) is 5.75 Å². The highest BCUT2D eigenvalue weighted by molar-refractivity contribution is 5.90. The van der Waals surface area contributed by atoms with Gasteiger partial charge in [0.1, 0.15) is 5.75 Å². The molecule has 3 aromatic rings. The third-order valence-electron chi connectivity index (χ3n) is 4.96. The second kappa shape index (κ2) is 8.27. The number of likely N-dealkylation sites (N-methyl/N-ethyl adjacent to an activating group) is 1. The van der Waals surface area contributed by atoms with Gasteiger partial charge in [-0.25, -0.2) is 0 Å². The highest BCUT2D eigenvalue weighted by Gasteiger charge is 2.17. The van der Waals surface area contributed by atoms with E-state index in [2.05, 4.69) is 27.3 Å². The Kier molecular flexibility index (Phi) is 5.81. The minimum Gasteiger partial charge on any atom is -0.497 e. The van der Waals surface area contributed by atoms with Crippen LogP contribution in [0.4, 0.5) is 0 Å². The summed E-state index contributed by atoms with van der Waals surface area (Å²) < 4.78 is 5.33. The van der Waals surface area contributed by atoms with Crippen molar-refractivity contribution in [2.45, 2.75) is 19.4 Å². The van der Waals surface area contributed by atoms with Gasteiger partial charge in [-0.1, -0.05) is 30.3 Å². The number of para-hydroxylation sites is 1. The standard InChI is InChI=1S/C22H27N3O2/c1-15-19(18-10-5-6-11-20(18)24-15)13-22(26)23-14-21(25(2)3)16-8-7-9-17(12-16)27-4/h5-12,21,24H,13-14H2,1-4H3,(H,23,26). The van der Waals surface area contributed by atoms with Crippen LogP contribution in [0.15, 0.2) is 48.5 Å². The van der Waals surface area contributed by atoms with E-state index < -0.39 is 0 Å². The van der Waals surface area contributed by atoms with Crippen molar-refractivity contribution < 1.29 is 9.53 Å². The zero-order valence-corrected chi connectivity index (χ0v) is 16.4. The number of aromatic nitrogens is 1. The number of H-pyrrole nitrogens is 1. The first-order valence-corrected chi connectivity index (χ1v) is 9.13. The molecule has 142 valence electrons. The van der Waals surface area contributed by atoms with E-state index in [-0.39, 0.29) is 11.9 Å². The van der Waals surface area contributed by atoms with Gasteiger partial charge in [0.2, 0.25) is 5.91 Å². The smallest absolute Gasteiger partial charge is 0.224 e. The molecule has 1 unspecified atom stereocenters. The molecule has 0 saturated carbocycles. The molecule has 0 bridgehead atoms. The molecule has 0 radical (unpaired) electrons. The Labute approximate surface area is 160 Å². The summed E-state index contributed by atoms with van der Waals surface area (Å²) in [6, 6.07) is 16.1. The molecule has 1 aromatic heterocycles. The van der Waals surface area contributed by atoms with Crippen LogP contribution in [0, 0.1) is 6.92 Å². The number of benzene rings is 2. The highest BCUT2D eigenvalue weighted by atomic mass is 16.5. The van der Waals surface area contributed by atoms with Gasteiger partial charge < -0.3 is 19.9 Å². The average Bonchev–Trinajstić information content (AvgIpc) is 2.97. The topological polar surface area (TPSA) is 57.4 Å². The first-order chi connectivity index (χ1) is 13.0.